The summed E-state index contributed by atoms with van der Waals surface area (Å²) in [6, 6.07) is 1.78. The summed E-state index contributed by atoms with van der Waals surface area (Å²) in [6.07, 6.45) is 7.24. The van der Waals surface area contributed by atoms with Crippen molar-refractivity contribution in [1.29, 1.82) is 0 Å². The first-order chi connectivity index (χ1) is 7.71. The van der Waals surface area contributed by atoms with E-state index in [1.165, 1.54) is 0 Å². The van der Waals surface area contributed by atoms with Gasteiger partial charge in [-0.05, 0) is 0 Å². The fraction of sp³-hybridized carbons (Fsp3) is 0.455. The van der Waals surface area contributed by atoms with Crippen LogP contribution in [0.15, 0.2) is 28.8 Å². The number of hydrogen-bond donors (Lipinski definition) is 2. The number of allylic oxidation sites excluding steroid dienone is 1. The van der Waals surface area contributed by atoms with E-state index in [0.29, 0.717) is 13.0 Å². The van der Waals surface area contributed by atoms with E-state index in [2.05, 4.69) is 5.32 Å². The van der Waals surface area contributed by atoms with Gasteiger partial charge in [0, 0.05) is 0 Å². The Kier molecular flexibility index (Phi) is 4.96. The Bertz CT molecular complexity index is 393. The van der Waals surface area contributed by atoms with E-state index < -0.39 is 5.60 Å². The van der Waals surface area contributed by atoms with Crippen LogP contribution in [0.1, 0.15) is 24.7 Å². The molecule has 0 aromatic carbocycles. The van der Waals surface area contributed by atoms with Gasteiger partial charge in [-0.25, -0.2) is 0 Å². The second-order valence-electron chi connectivity index (χ2n) is 4.03. The molecular formula is C11H15BClNO3. The molecule has 1 amide bonds. The molecular weight excluding hydrogens is 240 g/mol. The molecule has 0 bridgehead atoms. The molecule has 0 saturated carbocycles. The van der Waals surface area contributed by atoms with Crippen molar-refractivity contribution in [3.05, 3.63) is 29.9 Å². The topological polar surface area (TPSA) is 62.5 Å². The minimum absolute atomic E-state index is 0. The van der Waals surface area contributed by atoms with Crippen molar-refractivity contribution >= 4 is 25.4 Å². The molecule has 0 spiro atoms. The molecule has 92 valence electrons. The quantitative estimate of drug-likeness (QED) is 0.796. The van der Waals surface area contributed by atoms with Crippen LogP contribution in [0.25, 0.3) is 0 Å². The molecule has 4 nitrogen and oxygen atoms in total. The molecule has 1 aromatic rings. The predicted molar refractivity (Wildman–Crippen MR) is 67.1 cm³/mol. The molecule has 1 aliphatic carbocycles. The van der Waals surface area contributed by atoms with Gasteiger partial charge in [-0.3, -0.25) is 0 Å². The minimum atomic E-state index is -1.33. The third-order valence-corrected chi connectivity index (χ3v) is 2.75. The summed E-state index contributed by atoms with van der Waals surface area (Å²) in [4.78, 5) is 11.8. The van der Waals surface area contributed by atoms with Crippen molar-refractivity contribution in [2.45, 2.75) is 31.4 Å². The number of rotatable bonds is 3. The van der Waals surface area contributed by atoms with Gasteiger partial charge in [-0.2, -0.15) is 0 Å². The zero-order valence-electron chi connectivity index (χ0n) is 9.39. The Morgan fingerprint density at radius 1 is 1.65 bits per heavy atom. The molecule has 1 aliphatic rings. The number of aliphatic hydroxyl groups is 1. The molecule has 0 saturated heterocycles. The summed E-state index contributed by atoms with van der Waals surface area (Å²) in [7, 11) is 1.57. The summed E-state index contributed by atoms with van der Waals surface area (Å²) in [5.74, 6) is -0.343. The van der Waals surface area contributed by atoms with Crippen molar-refractivity contribution in [2.75, 3.05) is 0 Å². The average molecular weight is 256 g/mol. The third-order valence-electron chi connectivity index (χ3n) is 2.75. The van der Waals surface area contributed by atoms with Crippen LogP contribution in [-0.4, -0.2) is 23.7 Å². The fourth-order valence-corrected chi connectivity index (χ4v) is 1.77. The van der Waals surface area contributed by atoms with Crippen LogP contribution in [0.3, 0.4) is 0 Å². The normalized spacial score (nSPS) is 22.6. The third kappa shape index (κ3) is 3.44. The molecule has 1 atom stereocenters. The fourth-order valence-electron chi connectivity index (χ4n) is 1.77. The predicted octanol–water partition coefficient (Wildman–Crippen LogP) is 1.13. The van der Waals surface area contributed by atoms with Crippen LogP contribution >= 0.6 is 12.4 Å². The van der Waals surface area contributed by atoms with E-state index in [9.17, 15) is 9.90 Å². The van der Waals surface area contributed by atoms with Gasteiger partial charge in [0.2, 0.25) is 0 Å². The maximum absolute atomic E-state index is 11.8. The Morgan fingerprint density at radius 2 is 2.47 bits per heavy atom. The van der Waals surface area contributed by atoms with Gasteiger partial charge in [0.25, 0.3) is 0 Å². The Hall–Kier alpha value is -1.07. The molecule has 0 aliphatic heterocycles. The van der Waals surface area contributed by atoms with Gasteiger partial charge in [0.15, 0.2) is 0 Å². The summed E-state index contributed by atoms with van der Waals surface area (Å²) in [6.45, 7) is 0.380. The number of carbonyl (C=O) groups excluding carboxylic acids is 1. The molecule has 0 radical (unpaired) electrons. The standard InChI is InChI=1S/C11H14BNO3.ClH/c14-10(11(15)5-2-1-3-6-11)13-8-9-4-7-16-12-9;/h2,4-5,7,15H,1,3,6,8H2,(H,13,14);1H. The maximum atomic E-state index is 11.8. The van der Waals surface area contributed by atoms with Gasteiger partial charge < -0.3 is 0 Å². The molecule has 2 rings (SSSR count). The van der Waals surface area contributed by atoms with Gasteiger partial charge in [0.1, 0.15) is 0 Å². The average Bonchev–Trinajstić information content (AvgIpc) is 2.79. The first-order valence-corrected chi connectivity index (χ1v) is 5.40. The van der Waals surface area contributed by atoms with Crippen LogP contribution in [-0.2, 0) is 11.3 Å². The van der Waals surface area contributed by atoms with E-state index in [-0.39, 0.29) is 18.3 Å². The summed E-state index contributed by atoms with van der Waals surface area (Å²) >= 11 is 0. The van der Waals surface area contributed by atoms with E-state index in [1.54, 1.807) is 25.5 Å². The number of carbonyl (C=O) groups is 1. The van der Waals surface area contributed by atoms with Gasteiger partial charge >= 0.3 is 93.9 Å². The summed E-state index contributed by atoms with van der Waals surface area (Å²) in [5, 5.41) is 12.7. The van der Waals surface area contributed by atoms with Gasteiger partial charge in [0.05, 0.1) is 0 Å². The van der Waals surface area contributed by atoms with Crippen molar-refractivity contribution < 1.29 is 14.2 Å². The van der Waals surface area contributed by atoms with Crippen LogP contribution < -0.4 is 5.32 Å². The zero-order valence-corrected chi connectivity index (χ0v) is 10.2. The van der Waals surface area contributed by atoms with Crippen molar-refractivity contribution in [3.63, 3.8) is 0 Å². The van der Waals surface area contributed by atoms with E-state index >= 15 is 0 Å². The Morgan fingerprint density at radius 3 is 3.06 bits per heavy atom. The first kappa shape index (κ1) is 14.0. The SMILES string of the molecule is Cl.O=C(NCc1bocc1)C1(O)C=CCCC1. The van der Waals surface area contributed by atoms with E-state index in [1.807, 2.05) is 6.08 Å². The molecule has 1 unspecified atom stereocenters. The van der Waals surface area contributed by atoms with Crippen LogP contribution in [0.4, 0.5) is 0 Å². The van der Waals surface area contributed by atoms with E-state index in [4.69, 9.17) is 4.33 Å². The van der Waals surface area contributed by atoms with Crippen LogP contribution in [0, 0.1) is 0 Å². The van der Waals surface area contributed by atoms with Crippen molar-refractivity contribution in [3.8, 4) is 0 Å². The molecule has 2 N–H and O–H groups in total. The molecule has 6 heteroatoms. The molecule has 1 aromatic heterocycles. The monoisotopic (exact) mass is 255 g/mol. The first-order valence-electron chi connectivity index (χ1n) is 5.40. The summed E-state index contributed by atoms with van der Waals surface area (Å²) < 4.78 is 4.89. The van der Waals surface area contributed by atoms with Crippen molar-refractivity contribution in [2.24, 2.45) is 0 Å². The summed E-state index contributed by atoms with van der Waals surface area (Å²) in [5.41, 5.74) is -0.445. The second-order valence-corrected chi connectivity index (χ2v) is 4.03. The van der Waals surface area contributed by atoms with Crippen LogP contribution in [0.2, 0.25) is 0 Å². The number of halogens is 1. The number of hydrogen-bond acceptors (Lipinski definition) is 3. The molecule has 0 fully saturated rings. The van der Waals surface area contributed by atoms with Crippen molar-refractivity contribution in [1.82, 2.24) is 5.32 Å². The number of nitrogens with one attached hydrogen (secondary N) is 1. The second kappa shape index (κ2) is 6.03. The van der Waals surface area contributed by atoms with Gasteiger partial charge in [-0.15, -0.1) is 12.4 Å². The van der Waals surface area contributed by atoms with Crippen LogP contribution in [0.5, 0.6) is 0 Å². The zero-order chi connectivity index (χ0) is 11.4. The van der Waals surface area contributed by atoms with E-state index in [0.717, 1.165) is 18.3 Å². The molecule has 17 heavy (non-hydrogen) atoms. The Labute approximate surface area is 107 Å². The number of amides is 1. The van der Waals surface area contributed by atoms with Gasteiger partial charge in [-0.1, -0.05) is 0 Å². The Balaban J connectivity index is 0.00000144. The molecule has 1 heterocycles.